The van der Waals surface area contributed by atoms with Gasteiger partial charge in [-0.1, -0.05) is 37.3 Å². The van der Waals surface area contributed by atoms with Gasteiger partial charge in [0.15, 0.2) is 0 Å². The Kier molecular flexibility index (Phi) is 6.27. The number of aryl methyl sites for hydroxylation is 1. The van der Waals surface area contributed by atoms with E-state index < -0.39 is 5.69 Å². The zero-order chi connectivity index (χ0) is 21.8. The average molecular weight is 437 g/mol. The molecule has 0 aliphatic heterocycles. The van der Waals surface area contributed by atoms with Crippen LogP contribution in [0.1, 0.15) is 25.3 Å². The van der Waals surface area contributed by atoms with Crippen molar-refractivity contribution in [2.24, 2.45) is 0 Å². The molecule has 0 unspecified atom stereocenters. The molecular formula is C23H24N4O3S. The Hall–Kier alpha value is -3.26. The summed E-state index contributed by atoms with van der Waals surface area (Å²) in [5.74, 6) is -0.249. The number of hydrogen-bond acceptors (Lipinski definition) is 5. The monoisotopic (exact) mass is 436 g/mol. The third-order valence-corrected chi connectivity index (χ3v) is 6.26. The van der Waals surface area contributed by atoms with Crippen molar-refractivity contribution in [3.63, 3.8) is 0 Å². The molecule has 0 atom stereocenters. The number of hydrogen-bond donors (Lipinski definition) is 1. The van der Waals surface area contributed by atoms with Crippen LogP contribution in [-0.4, -0.2) is 26.6 Å². The van der Waals surface area contributed by atoms with Crippen LogP contribution in [-0.2, 0) is 24.3 Å². The maximum absolute atomic E-state index is 13.1. The van der Waals surface area contributed by atoms with E-state index in [2.05, 4.69) is 22.4 Å². The van der Waals surface area contributed by atoms with Crippen molar-refractivity contribution >= 4 is 37.7 Å². The highest BCUT2D eigenvalue weighted by molar-refractivity contribution is 7.25. The Morgan fingerprint density at radius 1 is 1.10 bits per heavy atom. The molecule has 0 aliphatic rings. The van der Waals surface area contributed by atoms with Crippen molar-refractivity contribution in [1.29, 1.82) is 0 Å². The molecule has 3 heterocycles. The highest BCUT2D eigenvalue weighted by atomic mass is 32.1. The fourth-order valence-electron chi connectivity index (χ4n) is 3.72. The van der Waals surface area contributed by atoms with Gasteiger partial charge in [0.1, 0.15) is 16.1 Å². The smallest absolute Gasteiger partial charge is 0.332 e. The SMILES string of the molecule is CCCn1c(=O)c2sc3ncccc3c2n(CC(=O)NCCCc2ccccc2)c1=O. The van der Waals surface area contributed by atoms with Gasteiger partial charge in [-0.25, -0.2) is 9.78 Å². The van der Waals surface area contributed by atoms with E-state index in [9.17, 15) is 14.4 Å². The molecule has 4 aromatic rings. The van der Waals surface area contributed by atoms with E-state index in [1.54, 1.807) is 12.3 Å². The molecule has 1 N–H and O–H groups in total. The number of nitrogens with zero attached hydrogens (tertiary/aromatic N) is 3. The number of nitrogens with one attached hydrogen (secondary N) is 1. The van der Waals surface area contributed by atoms with Crippen LogP contribution in [0.25, 0.3) is 20.4 Å². The first-order valence-electron chi connectivity index (χ1n) is 10.4. The maximum atomic E-state index is 13.1. The van der Waals surface area contributed by atoms with Crippen LogP contribution in [0.5, 0.6) is 0 Å². The lowest BCUT2D eigenvalue weighted by molar-refractivity contribution is -0.121. The lowest BCUT2D eigenvalue weighted by Crippen LogP contribution is -2.42. The molecule has 0 fully saturated rings. The normalized spacial score (nSPS) is 11.3. The Morgan fingerprint density at radius 3 is 2.68 bits per heavy atom. The molecule has 31 heavy (non-hydrogen) atoms. The number of pyridine rings is 1. The fraction of sp³-hybridized carbons (Fsp3) is 0.304. The highest BCUT2D eigenvalue weighted by Gasteiger charge is 2.19. The number of carbonyl (C=O) groups excluding carboxylic acids is 1. The number of aromatic nitrogens is 3. The fourth-order valence-corrected chi connectivity index (χ4v) is 4.81. The topological polar surface area (TPSA) is 86.0 Å². The van der Waals surface area contributed by atoms with Gasteiger partial charge in [-0.05, 0) is 37.0 Å². The zero-order valence-corrected chi connectivity index (χ0v) is 18.2. The van der Waals surface area contributed by atoms with Gasteiger partial charge in [-0.15, -0.1) is 11.3 Å². The van der Waals surface area contributed by atoms with Crippen LogP contribution in [0.3, 0.4) is 0 Å². The second kappa shape index (κ2) is 9.26. The van der Waals surface area contributed by atoms with Gasteiger partial charge in [0.25, 0.3) is 5.56 Å². The van der Waals surface area contributed by atoms with Gasteiger partial charge >= 0.3 is 5.69 Å². The van der Waals surface area contributed by atoms with Crippen molar-refractivity contribution < 1.29 is 4.79 Å². The van der Waals surface area contributed by atoms with Gasteiger partial charge in [-0.2, -0.15) is 0 Å². The Bertz CT molecular complexity index is 1340. The van der Waals surface area contributed by atoms with E-state index in [1.165, 1.54) is 26.0 Å². The zero-order valence-electron chi connectivity index (χ0n) is 17.3. The molecule has 1 amide bonds. The van der Waals surface area contributed by atoms with E-state index in [0.717, 1.165) is 18.2 Å². The first-order valence-corrected chi connectivity index (χ1v) is 11.2. The molecule has 0 saturated carbocycles. The highest BCUT2D eigenvalue weighted by Crippen LogP contribution is 2.29. The summed E-state index contributed by atoms with van der Waals surface area (Å²) in [6.45, 7) is 2.61. The molecule has 0 spiro atoms. The van der Waals surface area contributed by atoms with Crippen LogP contribution >= 0.6 is 11.3 Å². The molecule has 0 bridgehead atoms. The summed E-state index contributed by atoms with van der Waals surface area (Å²) in [4.78, 5) is 43.7. The predicted molar refractivity (Wildman–Crippen MR) is 124 cm³/mol. The molecule has 160 valence electrons. The Balaban J connectivity index is 1.60. The van der Waals surface area contributed by atoms with Crippen LogP contribution in [0, 0.1) is 0 Å². The largest absolute Gasteiger partial charge is 0.355 e. The van der Waals surface area contributed by atoms with Gasteiger partial charge in [-0.3, -0.25) is 18.7 Å². The van der Waals surface area contributed by atoms with Crippen molar-refractivity contribution in [2.75, 3.05) is 6.54 Å². The van der Waals surface area contributed by atoms with Gasteiger partial charge in [0, 0.05) is 24.7 Å². The number of benzene rings is 1. The summed E-state index contributed by atoms with van der Waals surface area (Å²) in [6.07, 6.45) is 3.98. The molecule has 0 radical (unpaired) electrons. The number of amides is 1. The minimum atomic E-state index is -0.456. The van der Waals surface area contributed by atoms with E-state index in [0.29, 0.717) is 34.6 Å². The molecule has 0 aliphatic carbocycles. The third kappa shape index (κ3) is 4.29. The molecule has 1 aromatic carbocycles. The first-order chi connectivity index (χ1) is 15.1. The molecular weight excluding hydrogens is 412 g/mol. The van der Waals surface area contributed by atoms with Crippen molar-refractivity contribution in [3.8, 4) is 0 Å². The van der Waals surface area contributed by atoms with Crippen LogP contribution in [0.15, 0.2) is 58.3 Å². The summed E-state index contributed by atoms with van der Waals surface area (Å²) in [5, 5.41) is 3.62. The van der Waals surface area contributed by atoms with E-state index in [1.807, 2.05) is 31.2 Å². The number of rotatable bonds is 8. The standard InChI is InChI=1S/C23H24N4O3S/c1-2-14-26-22(29)20-19(17-11-7-13-25-21(17)31-20)27(23(26)30)15-18(28)24-12-6-10-16-8-4-3-5-9-16/h3-5,7-9,11,13H,2,6,10,12,14-15H2,1H3,(H,24,28). The number of carbonyl (C=O) groups is 1. The lowest BCUT2D eigenvalue weighted by atomic mass is 10.1. The van der Waals surface area contributed by atoms with Gasteiger partial charge in [0.2, 0.25) is 5.91 Å². The average Bonchev–Trinajstić information content (AvgIpc) is 3.18. The Labute approximate surface area is 183 Å². The second-order valence-corrected chi connectivity index (χ2v) is 8.40. The van der Waals surface area contributed by atoms with E-state index in [4.69, 9.17) is 0 Å². The summed E-state index contributed by atoms with van der Waals surface area (Å²) < 4.78 is 3.10. The lowest BCUT2D eigenvalue weighted by Gasteiger charge is -2.12. The second-order valence-electron chi connectivity index (χ2n) is 7.40. The number of fused-ring (bicyclic) bond motifs is 3. The molecule has 3 aromatic heterocycles. The maximum Gasteiger partial charge on any atom is 0.332 e. The van der Waals surface area contributed by atoms with Crippen LogP contribution < -0.4 is 16.6 Å². The Morgan fingerprint density at radius 2 is 1.90 bits per heavy atom. The summed E-state index contributed by atoms with van der Waals surface area (Å²) in [5.41, 5.74) is 0.945. The summed E-state index contributed by atoms with van der Waals surface area (Å²) in [6, 6.07) is 13.7. The van der Waals surface area contributed by atoms with Gasteiger partial charge < -0.3 is 5.32 Å². The quantitative estimate of drug-likeness (QED) is 0.430. The van der Waals surface area contributed by atoms with Crippen LogP contribution in [0.4, 0.5) is 0 Å². The van der Waals surface area contributed by atoms with Crippen LogP contribution in [0.2, 0.25) is 0 Å². The molecule has 4 rings (SSSR count). The predicted octanol–water partition coefficient (Wildman–Crippen LogP) is 2.93. The first kappa shape index (κ1) is 21.0. The van der Waals surface area contributed by atoms with Crippen molar-refractivity contribution in [3.05, 3.63) is 75.1 Å². The van der Waals surface area contributed by atoms with Crippen molar-refractivity contribution in [2.45, 2.75) is 39.3 Å². The third-order valence-electron chi connectivity index (χ3n) is 5.17. The summed E-state index contributed by atoms with van der Waals surface area (Å²) in [7, 11) is 0. The van der Waals surface area contributed by atoms with Gasteiger partial charge in [0.05, 0.1) is 5.52 Å². The molecule has 7 nitrogen and oxygen atoms in total. The minimum absolute atomic E-state index is 0.134. The summed E-state index contributed by atoms with van der Waals surface area (Å²) >= 11 is 1.26. The minimum Gasteiger partial charge on any atom is -0.355 e. The number of thiophene rings is 1. The molecule has 8 heteroatoms. The molecule has 0 saturated heterocycles. The van der Waals surface area contributed by atoms with E-state index >= 15 is 0 Å². The van der Waals surface area contributed by atoms with E-state index in [-0.39, 0.29) is 18.0 Å². The van der Waals surface area contributed by atoms with Crippen molar-refractivity contribution in [1.82, 2.24) is 19.4 Å².